The van der Waals surface area contributed by atoms with Crippen LogP contribution in [0.4, 0.5) is 11.4 Å². The molecule has 1 saturated carbocycles. The van der Waals surface area contributed by atoms with Crippen molar-refractivity contribution in [1.29, 1.82) is 0 Å². The molecule has 2 atom stereocenters. The third kappa shape index (κ3) is 4.14. The van der Waals surface area contributed by atoms with Gasteiger partial charge in [-0.15, -0.1) is 0 Å². The second-order valence-corrected chi connectivity index (χ2v) is 11.3. The minimum Gasteiger partial charge on any atom is -0.368 e. The highest BCUT2D eigenvalue weighted by atomic mass is 35.5. The molecule has 0 N–H and O–H groups in total. The average molecular weight is 549 g/mol. The Morgan fingerprint density at radius 3 is 2.42 bits per heavy atom. The zero-order valence-electron chi connectivity index (χ0n) is 22.0. The van der Waals surface area contributed by atoms with Gasteiger partial charge in [0.15, 0.2) is 0 Å². The van der Waals surface area contributed by atoms with Gasteiger partial charge in [-0.25, -0.2) is 0 Å². The summed E-state index contributed by atoms with van der Waals surface area (Å²) < 4.78 is 0. The van der Waals surface area contributed by atoms with Crippen LogP contribution in [0.25, 0.3) is 0 Å². The molecule has 1 saturated heterocycles. The van der Waals surface area contributed by atoms with Crippen LogP contribution in [0.5, 0.6) is 0 Å². The van der Waals surface area contributed by atoms with Gasteiger partial charge in [-0.1, -0.05) is 54.1 Å². The molecule has 0 bridgehead atoms. The van der Waals surface area contributed by atoms with E-state index in [1.165, 1.54) is 0 Å². The standard InChI is InChI=1S/C33H29ClN4O2/c34-26-10-8-24(9-11-26)29-21-33(29)28-6-1-2-7-30(28)38(32(33)40)22-23-4-3-5-25(20-23)31(39)37-18-16-36(17-19-37)27-12-14-35-15-13-27/h1-15,20,29H,16-19,21-22H2/t29-,33-/m0/s1. The van der Waals surface area contributed by atoms with E-state index in [0.717, 1.165) is 47.6 Å². The van der Waals surface area contributed by atoms with Crippen molar-refractivity contribution in [3.63, 3.8) is 0 Å². The summed E-state index contributed by atoms with van der Waals surface area (Å²) in [5.74, 6) is 0.311. The number of hydrogen-bond donors (Lipinski definition) is 0. The number of amides is 2. The monoisotopic (exact) mass is 548 g/mol. The van der Waals surface area contributed by atoms with Crippen LogP contribution in [0.3, 0.4) is 0 Å². The first kappa shape index (κ1) is 24.9. The number of hydrogen-bond acceptors (Lipinski definition) is 4. The molecule has 40 heavy (non-hydrogen) atoms. The summed E-state index contributed by atoms with van der Waals surface area (Å²) in [6.07, 6.45) is 4.39. The SMILES string of the molecule is O=C(c1cccc(CN2C(=O)[C@@]3(C[C@H]3c3ccc(Cl)cc3)c3ccccc32)c1)N1CCN(c2ccncc2)CC1. The van der Waals surface area contributed by atoms with Crippen LogP contribution < -0.4 is 9.80 Å². The number of anilines is 2. The number of carbonyl (C=O) groups excluding carboxylic acids is 2. The third-order valence-electron chi connectivity index (χ3n) is 8.64. The van der Waals surface area contributed by atoms with Crippen LogP contribution >= 0.6 is 11.6 Å². The second kappa shape index (κ2) is 9.79. The van der Waals surface area contributed by atoms with E-state index >= 15 is 0 Å². The molecule has 2 fully saturated rings. The van der Waals surface area contributed by atoms with E-state index in [9.17, 15) is 9.59 Å². The van der Waals surface area contributed by atoms with Crippen LogP contribution in [0.1, 0.15) is 39.4 Å². The quantitative estimate of drug-likeness (QED) is 0.322. The summed E-state index contributed by atoms with van der Waals surface area (Å²) in [5.41, 5.74) is 5.43. The lowest BCUT2D eigenvalue weighted by Gasteiger charge is -2.36. The number of rotatable bonds is 5. The number of benzene rings is 3. The van der Waals surface area contributed by atoms with Gasteiger partial charge in [0.25, 0.3) is 5.91 Å². The molecule has 6 nitrogen and oxygen atoms in total. The normalized spacial score (nSPS) is 21.6. The van der Waals surface area contributed by atoms with E-state index in [4.69, 9.17) is 11.6 Å². The maximum Gasteiger partial charge on any atom is 0.253 e. The van der Waals surface area contributed by atoms with Gasteiger partial charge in [0.2, 0.25) is 5.91 Å². The lowest BCUT2D eigenvalue weighted by molar-refractivity contribution is -0.120. The highest BCUT2D eigenvalue weighted by Gasteiger charge is 2.67. The van der Waals surface area contributed by atoms with Gasteiger partial charge >= 0.3 is 0 Å². The number of para-hydroxylation sites is 1. The highest BCUT2D eigenvalue weighted by Crippen LogP contribution is 2.66. The number of halogens is 1. The molecule has 0 unspecified atom stereocenters. The molecule has 2 amide bonds. The topological polar surface area (TPSA) is 56.8 Å². The fraction of sp³-hybridized carbons (Fsp3) is 0.242. The molecule has 1 aliphatic carbocycles. The molecule has 7 heteroatoms. The highest BCUT2D eigenvalue weighted by molar-refractivity contribution is 6.30. The minimum absolute atomic E-state index is 0.0332. The smallest absolute Gasteiger partial charge is 0.253 e. The fourth-order valence-electron chi connectivity index (χ4n) is 6.49. The van der Waals surface area contributed by atoms with Gasteiger partial charge in [0.05, 0.1) is 12.0 Å². The molecule has 7 rings (SSSR count). The Morgan fingerprint density at radius 1 is 0.900 bits per heavy atom. The molecule has 3 aromatic carbocycles. The molecular formula is C33H29ClN4O2. The summed E-state index contributed by atoms with van der Waals surface area (Å²) in [5, 5.41) is 0.697. The second-order valence-electron chi connectivity index (χ2n) is 10.9. The summed E-state index contributed by atoms with van der Waals surface area (Å²) in [7, 11) is 0. The van der Waals surface area contributed by atoms with E-state index < -0.39 is 5.41 Å². The number of nitrogens with zero attached hydrogens (tertiary/aromatic N) is 4. The van der Waals surface area contributed by atoms with E-state index in [1.807, 2.05) is 88.7 Å². The molecule has 3 aliphatic rings. The van der Waals surface area contributed by atoms with Gasteiger partial charge in [-0.3, -0.25) is 14.6 Å². The van der Waals surface area contributed by atoms with Crippen molar-refractivity contribution in [3.8, 4) is 0 Å². The first-order valence-corrected chi connectivity index (χ1v) is 14.1. The number of pyridine rings is 1. The predicted molar refractivity (Wildman–Crippen MR) is 157 cm³/mol. The van der Waals surface area contributed by atoms with E-state index in [2.05, 4.69) is 16.0 Å². The summed E-state index contributed by atoms with van der Waals surface area (Å²) in [4.78, 5) is 37.7. The van der Waals surface area contributed by atoms with E-state index in [-0.39, 0.29) is 17.7 Å². The van der Waals surface area contributed by atoms with Crippen LogP contribution in [0.15, 0.2) is 97.3 Å². The van der Waals surface area contributed by atoms with Gasteiger partial charge in [-0.05, 0) is 65.6 Å². The van der Waals surface area contributed by atoms with Crippen LogP contribution in [-0.4, -0.2) is 47.9 Å². The number of aromatic nitrogens is 1. The van der Waals surface area contributed by atoms with Gasteiger partial charge in [0.1, 0.15) is 0 Å². The number of carbonyl (C=O) groups is 2. The number of piperazine rings is 1. The average Bonchev–Trinajstić information content (AvgIpc) is 3.72. The summed E-state index contributed by atoms with van der Waals surface area (Å²) in [6, 6.07) is 27.7. The maximum atomic E-state index is 14.0. The molecular weight excluding hydrogens is 520 g/mol. The molecule has 3 heterocycles. The molecule has 2 aliphatic heterocycles. The zero-order chi connectivity index (χ0) is 27.3. The third-order valence-corrected chi connectivity index (χ3v) is 8.90. The van der Waals surface area contributed by atoms with Crippen molar-refractivity contribution in [2.45, 2.75) is 24.3 Å². The lowest BCUT2D eigenvalue weighted by Crippen LogP contribution is -2.48. The van der Waals surface area contributed by atoms with Crippen molar-refractivity contribution in [2.24, 2.45) is 0 Å². The van der Waals surface area contributed by atoms with Gasteiger partial charge in [0, 0.05) is 66.5 Å². The van der Waals surface area contributed by atoms with Crippen LogP contribution in [0, 0.1) is 0 Å². The zero-order valence-corrected chi connectivity index (χ0v) is 22.8. The molecule has 200 valence electrons. The Balaban J connectivity index is 1.08. The van der Waals surface area contributed by atoms with Crippen LogP contribution in [-0.2, 0) is 16.8 Å². The van der Waals surface area contributed by atoms with Crippen molar-refractivity contribution < 1.29 is 9.59 Å². The first-order valence-electron chi connectivity index (χ1n) is 13.7. The van der Waals surface area contributed by atoms with E-state index in [0.29, 0.717) is 30.2 Å². The number of fused-ring (bicyclic) bond motifs is 2. The predicted octanol–water partition coefficient (Wildman–Crippen LogP) is 5.67. The van der Waals surface area contributed by atoms with Crippen molar-refractivity contribution >= 4 is 34.8 Å². The lowest BCUT2D eigenvalue weighted by atomic mass is 9.92. The first-order chi connectivity index (χ1) is 19.5. The minimum atomic E-state index is -0.521. The summed E-state index contributed by atoms with van der Waals surface area (Å²) >= 11 is 6.12. The Morgan fingerprint density at radius 2 is 1.65 bits per heavy atom. The van der Waals surface area contributed by atoms with Crippen molar-refractivity contribution in [2.75, 3.05) is 36.0 Å². The molecule has 0 radical (unpaired) electrons. The Hall–Kier alpha value is -4.16. The summed E-state index contributed by atoms with van der Waals surface area (Å²) in [6.45, 7) is 3.33. The maximum absolute atomic E-state index is 14.0. The van der Waals surface area contributed by atoms with Crippen molar-refractivity contribution in [1.82, 2.24) is 9.88 Å². The van der Waals surface area contributed by atoms with Crippen LogP contribution in [0.2, 0.25) is 5.02 Å². The molecule has 1 aromatic heterocycles. The molecule has 1 spiro atoms. The van der Waals surface area contributed by atoms with Crippen molar-refractivity contribution in [3.05, 3.63) is 125 Å². The van der Waals surface area contributed by atoms with E-state index in [1.54, 1.807) is 12.4 Å². The van der Waals surface area contributed by atoms with Gasteiger partial charge in [-0.2, -0.15) is 0 Å². The molecule has 4 aromatic rings. The largest absolute Gasteiger partial charge is 0.368 e. The Bertz CT molecular complexity index is 1580. The fourth-order valence-corrected chi connectivity index (χ4v) is 6.62. The Kier molecular flexibility index (Phi) is 6.08. The van der Waals surface area contributed by atoms with Gasteiger partial charge < -0.3 is 14.7 Å². The Labute approximate surface area is 238 Å².